The van der Waals surface area contributed by atoms with Gasteiger partial charge in [0.2, 0.25) is 23.0 Å². The summed E-state index contributed by atoms with van der Waals surface area (Å²) in [5.41, 5.74) is -3.12. The molecular weight excluding hydrogens is 740 g/mol. The molecular formula is C43H68O14. The maximum absolute atomic E-state index is 13.3. The predicted octanol–water partition coefficient (Wildman–Crippen LogP) is 7.70. The highest BCUT2D eigenvalue weighted by Crippen LogP contribution is 2.58. The molecule has 0 heterocycles. The van der Waals surface area contributed by atoms with Crippen LogP contribution in [0.3, 0.4) is 0 Å². The molecule has 0 aromatic carbocycles. The first-order valence-electron chi connectivity index (χ1n) is 20.3. The lowest BCUT2D eigenvalue weighted by Gasteiger charge is -2.56. The molecule has 0 saturated carbocycles. The zero-order valence-electron chi connectivity index (χ0n) is 36.6. The predicted molar refractivity (Wildman–Crippen MR) is 213 cm³/mol. The highest BCUT2D eigenvalue weighted by molar-refractivity contribution is 5.88. The molecule has 0 N–H and O–H groups in total. The number of ether oxygens (including phenoxy) is 12. The van der Waals surface area contributed by atoms with Gasteiger partial charge in [0.05, 0.1) is 39.6 Å². The van der Waals surface area contributed by atoms with Crippen molar-refractivity contribution < 1.29 is 66.4 Å². The van der Waals surface area contributed by atoms with Gasteiger partial charge < -0.3 is 56.8 Å². The average molecular weight is 809 g/mol. The van der Waals surface area contributed by atoms with Crippen LogP contribution in [0.25, 0.3) is 0 Å². The van der Waals surface area contributed by atoms with Gasteiger partial charge in [-0.3, -0.25) is 0 Å². The Balaban J connectivity index is 3.54. The molecule has 0 bridgehead atoms. The normalized spacial score (nSPS) is 22.9. The molecule has 0 aromatic heterocycles. The fraction of sp³-hybridized carbons (Fsp3) is 0.674. The Hall–Kier alpha value is -3.98. The maximum atomic E-state index is 13.3. The number of esters is 2. The van der Waals surface area contributed by atoms with E-state index in [1.807, 2.05) is 48.5 Å². The number of rotatable bonds is 27. The monoisotopic (exact) mass is 808 g/mol. The molecule has 0 spiro atoms. The minimum atomic E-state index is -1.71. The summed E-state index contributed by atoms with van der Waals surface area (Å²) < 4.78 is 78.8. The molecule has 0 fully saturated rings. The summed E-state index contributed by atoms with van der Waals surface area (Å²) >= 11 is 0. The third-order valence-electron chi connectivity index (χ3n) is 8.95. The Labute approximate surface area is 340 Å². The van der Waals surface area contributed by atoms with E-state index < -0.39 is 41.3 Å². The van der Waals surface area contributed by atoms with Crippen molar-refractivity contribution in [2.24, 2.45) is 5.92 Å². The number of hydrogen-bond acceptors (Lipinski definition) is 14. The molecule has 14 heteroatoms. The SMILES string of the molecule is C=C(C)C(=O)OC1=C(OCC)C(OCC)C(OCC)(C(CC)C2(OCC)C(OCC)=C(OCC)C(OC(=O)C(=C)C)=C(OCC)C2OCC)C(OCC)=C1OCC. The van der Waals surface area contributed by atoms with Gasteiger partial charge in [0, 0.05) is 43.5 Å². The highest BCUT2D eigenvalue weighted by atomic mass is 16.6. The van der Waals surface area contributed by atoms with Crippen LogP contribution in [-0.2, 0) is 66.4 Å². The average Bonchev–Trinajstić information content (AvgIpc) is 3.17. The smallest absolute Gasteiger partial charge is 0.338 e. The zero-order chi connectivity index (χ0) is 42.9. The molecule has 4 unspecified atom stereocenters. The number of carbonyl (C=O) groups excluding carboxylic acids is 2. The van der Waals surface area contributed by atoms with Gasteiger partial charge >= 0.3 is 11.9 Å². The fourth-order valence-corrected chi connectivity index (χ4v) is 7.29. The Bertz CT molecular complexity index is 1410. The van der Waals surface area contributed by atoms with Crippen LogP contribution >= 0.6 is 0 Å². The van der Waals surface area contributed by atoms with Crippen molar-refractivity contribution in [3.8, 4) is 0 Å². The van der Waals surface area contributed by atoms with E-state index in [9.17, 15) is 9.59 Å². The first kappa shape index (κ1) is 49.2. The van der Waals surface area contributed by atoms with E-state index in [-0.39, 0.29) is 130 Å². The van der Waals surface area contributed by atoms with Crippen molar-refractivity contribution in [3.63, 3.8) is 0 Å². The van der Waals surface area contributed by atoms with E-state index in [2.05, 4.69) is 13.2 Å². The molecule has 2 rings (SSSR count). The van der Waals surface area contributed by atoms with Gasteiger partial charge in [0.15, 0.2) is 46.4 Å². The number of carbonyl (C=O) groups is 2. The molecule has 2 aliphatic rings. The zero-order valence-corrected chi connectivity index (χ0v) is 36.6. The van der Waals surface area contributed by atoms with E-state index in [0.717, 1.165) is 0 Å². The second kappa shape index (κ2) is 23.4. The van der Waals surface area contributed by atoms with Crippen LogP contribution in [0.1, 0.15) is 96.4 Å². The van der Waals surface area contributed by atoms with Gasteiger partial charge in [0.1, 0.15) is 0 Å². The topological polar surface area (TPSA) is 145 Å². The Morgan fingerprint density at radius 2 is 0.825 bits per heavy atom. The van der Waals surface area contributed by atoms with Gasteiger partial charge in [-0.2, -0.15) is 0 Å². The summed E-state index contributed by atoms with van der Waals surface area (Å²) in [6.45, 7) is 32.3. The van der Waals surface area contributed by atoms with Crippen molar-refractivity contribution >= 4 is 11.9 Å². The van der Waals surface area contributed by atoms with Crippen molar-refractivity contribution in [1.29, 1.82) is 0 Å². The van der Waals surface area contributed by atoms with Crippen LogP contribution in [0.4, 0.5) is 0 Å². The Morgan fingerprint density at radius 3 is 1.07 bits per heavy atom. The molecule has 57 heavy (non-hydrogen) atoms. The molecule has 4 atom stereocenters. The van der Waals surface area contributed by atoms with Gasteiger partial charge in [-0.15, -0.1) is 0 Å². The lowest BCUT2D eigenvalue weighted by atomic mass is 9.63. The summed E-state index contributed by atoms with van der Waals surface area (Å²) in [5.74, 6) is -1.67. The van der Waals surface area contributed by atoms with Gasteiger partial charge in [0.25, 0.3) is 0 Å². The van der Waals surface area contributed by atoms with E-state index >= 15 is 0 Å². The van der Waals surface area contributed by atoms with Crippen molar-refractivity contribution in [3.05, 3.63) is 70.4 Å². The van der Waals surface area contributed by atoms with E-state index in [4.69, 9.17) is 56.8 Å². The lowest BCUT2D eigenvalue weighted by molar-refractivity contribution is -0.252. The molecule has 0 saturated heterocycles. The fourth-order valence-electron chi connectivity index (χ4n) is 7.29. The molecule has 14 nitrogen and oxygen atoms in total. The van der Waals surface area contributed by atoms with E-state index in [1.54, 1.807) is 41.5 Å². The van der Waals surface area contributed by atoms with Gasteiger partial charge in [-0.1, -0.05) is 20.1 Å². The summed E-state index contributed by atoms with van der Waals surface area (Å²) in [6.07, 6.45) is -2.04. The van der Waals surface area contributed by atoms with Crippen LogP contribution in [-0.4, -0.2) is 101 Å². The molecule has 0 aromatic rings. The Morgan fingerprint density at radius 1 is 0.491 bits per heavy atom. The second-order valence-corrected chi connectivity index (χ2v) is 12.7. The molecule has 0 amide bonds. The first-order chi connectivity index (χ1) is 27.3. The second-order valence-electron chi connectivity index (χ2n) is 12.7. The quantitative estimate of drug-likeness (QED) is 0.0590. The summed E-state index contributed by atoms with van der Waals surface area (Å²) in [6, 6.07) is 0. The van der Waals surface area contributed by atoms with E-state index in [0.29, 0.717) is 0 Å². The third-order valence-corrected chi connectivity index (χ3v) is 8.95. The largest absolute Gasteiger partial charge is 0.491 e. The van der Waals surface area contributed by atoms with Gasteiger partial charge in [-0.05, 0) is 89.5 Å². The van der Waals surface area contributed by atoms with Crippen molar-refractivity contribution in [1.82, 2.24) is 0 Å². The van der Waals surface area contributed by atoms with E-state index in [1.165, 1.54) is 0 Å². The maximum Gasteiger partial charge on any atom is 0.338 e. The standard InChI is InChI=1S/C43H68O14/c1-16-29(42(54-25-10)36(50-21-6)32(46-17-2)30(56-40(44)27(12)13)33(47-18-3)37(42)51-22-7)43(55-26-11)38(52-23-8)34(48-19-4)31(57-41(45)28(14)15)35(49-20-5)39(43)53-24-9/h29,36,38H,12,14,16-26H2,1-11,13,15H3. The van der Waals surface area contributed by atoms with Crippen molar-refractivity contribution in [2.45, 2.75) is 120 Å². The third kappa shape index (κ3) is 10.0. The molecule has 324 valence electrons. The van der Waals surface area contributed by atoms with Gasteiger partial charge in [-0.25, -0.2) is 9.59 Å². The minimum Gasteiger partial charge on any atom is -0.491 e. The van der Waals surface area contributed by atoms with Crippen LogP contribution in [0, 0.1) is 5.92 Å². The summed E-state index contributed by atoms with van der Waals surface area (Å²) in [5, 5.41) is 0. The van der Waals surface area contributed by atoms with Crippen LogP contribution in [0.15, 0.2) is 70.4 Å². The lowest BCUT2D eigenvalue weighted by Crippen LogP contribution is -2.69. The first-order valence-corrected chi connectivity index (χ1v) is 20.3. The summed E-state index contributed by atoms with van der Waals surface area (Å²) in [7, 11) is 0. The van der Waals surface area contributed by atoms with Crippen LogP contribution in [0.5, 0.6) is 0 Å². The van der Waals surface area contributed by atoms with Crippen molar-refractivity contribution in [2.75, 3.05) is 66.1 Å². The molecule has 0 radical (unpaired) electrons. The summed E-state index contributed by atoms with van der Waals surface area (Å²) in [4.78, 5) is 26.7. The van der Waals surface area contributed by atoms with Crippen LogP contribution < -0.4 is 0 Å². The molecule has 0 aliphatic heterocycles. The van der Waals surface area contributed by atoms with Crippen LogP contribution in [0.2, 0.25) is 0 Å². The highest BCUT2D eigenvalue weighted by Gasteiger charge is 2.71. The Kier molecular flexibility index (Phi) is 20.2. The minimum absolute atomic E-state index is 0.0336. The molecule has 2 aliphatic carbocycles. The number of hydrogen-bond donors (Lipinski definition) is 0.